The first-order valence-corrected chi connectivity index (χ1v) is 6.98. The minimum absolute atomic E-state index is 0.291. The molecule has 1 heterocycles. The zero-order valence-corrected chi connectivity index (χ0v) is 11.5. The normalized spacial score (nSPS) is 18.0. The summed E-state index contributed by atoms with van der Waals surface area (Å²) in [7, 11) is 1.49. The van der Waals surface area contributed by atoms with Crippen LogP contribution in [0, 0.1) is 0 Å². The van der Waals surface area contributed by atoms with E-state index in [2.05, 4.69) is 0 Å². The predicted octanol–water partition coefficient (Wildman–Crippen LogP) is 1.89. The van der Waals surface area contributed by atoms with Gasteiger partial charge in [0, 0.05) is 11.3 Å². The molecule has 1 aliphatic rings. The highest BCUT2D eigenvalue weighted by molar-refractivity contribution is 7.98. The number of benzene rings is 1. The number of thioether (sulfide) groups is 1. The molecular formula is C13H14O5S. The van der Waals surface area contributed by atoms with E-state index in [0.29, 0.717) is 24.3 Å². The standard InChI is InChI=1S/C13H14O5S/c1-16-11-7-8(19-2)3-4-9(11)12(14)18-10-5-6-17-13(10)15/h3-4,7,10H,5-6H2,1-2H3/t10-/m0/s1. The number of carbonyl (C=O) groups is 2. The molecule has 0 radical (unpaired) electrons. The second-order valence-corrected chi connectivity index (χ2v) is 4.80. The predicted molar refractivity (Wildman–Crippen MR) is 69.6 cm³/mol. The largest absolute Gasteiger partial charge is 0.496 e. The van der Waals surface area contributed by atoms with Crippen LogP contribution < -0.4 is 4.74 Å². The summed E-state index contributed by atoms with van der Waals surface area (Å²) in [5.41, 5.74) is 0.306. The Balaban J connectivity index is 2.16. The fourth-order valence-electron chi connectivity index (χ4n) is 1.74. The Morgan fingerprint density at radius 2 is 2.26 bits per heavy atom. The zero-order valence-electron chi connectivity index (χ0n) is 10.7. The molecule has 5 nitrogen and oxygen atoms in total. The van der Waals surface area contributed by atoms with E-state index in [9.17, 15) is 9.59 Å². The maximum atomic E-state index is 12.0. The van der Waals surface area contributed by atoms with E-state index in [1.54, 1.807) is 30.0 Å². The highest BCUT2D eigenvalue weighted by atomic mass is 32.2. The van der Waals surface area contributed by atoms with Crippen molar-refractivity contribution in [3.63, 3.8) is 0 Å². The van der Waals surface area contributed by atoms with E-state index in [0.717, 1.165) is 4.90 Å². The van der Waals surface area contributed by atoms with Crippen LogP contribution in [0.1, 0.15) is 16.8 Å². The Morgan fingerprint density at radius 3 is 2.84 bits per heavy atom. The molecule has 1 fully saturated rings. The third kappa shape index (κ3) is 3.01. The van der Waals surface area contributed by atoms with E-state index in [4.69, 9.17) is 14.2 Å². The van der Waals surface area contributed by atoms with Gasteiger partial charge in [-0.3, -0.25) is 0 Å². The van der Waals surface area contributed by atoms with Gasteiger partial charge in [-0.05, 0) is 24.5 Å². The maximum absolute atomic E-state index is 12.0. The third-order valence-electron chi connectivity index (χ3n) is 2.77. The molecule has 0 saturated carbocycles. The number of methoxy groups -OCH3 is 1. The Labute approximate surface area is 115 Å². The van der Waals surface area contributed by atoms with Crippen LogP contribution in [0.4, 0.5) is 0 Å². The molecular weight excluding hydrogens is 268 g/mol. The van der Waals surface area contributed by atoms with E-state index in [1.165, 1.54) is 7.11 Å². The molecule has 1 aliphatic heterocycles. The lowest BCUT2D eigenvalue weighted by Crippen LogP contribution is -2.23. The highest BCUT2D eigenvalue weighted by Crippen LogP contribution is 2.26. The van der Waals surface area contributed by atoms with Gasteiger partial charge < -0.3 is 14.2 Å². The van der Waals surface area contributed by atoms with Crippen LogP contribution in [0.3, 0.4) is 0 Å². The minimum atomic E-state index is -0.808. The van der Waals surface area contributed by atoms with Crippen LogP contribution in [-0.2, 0) is 14.3 Å². The second kappa shape index (κ2) is 5.97. The summed E-state index contributed by atoms with van der Waals surface area (Å²) >= 11 is 1.55. The quantitative estimate of drug-likeness (QED) is 0.621. The Hall–Kier alpha value is -1.69. The fourth-order valence-corrected chi connectivity index (χ4v) is 2.17. The number of rotatable bonds is 4. The van der Waals surface area contributed by atoms with Gasteiger partial charge in [-0.1, -0.05) is 0 Å². The molecule has 1 aromatic rings. The van der Waals surface area contributed by atoms with Crippen molar-refractivity contribution in [3.8, 4) is 5.75 Å². The molecule has 102 valence electrons. The summed E-state index contributed by atoms with van der Waals surface area (Å²) in [4.78, 5) is 24.3. The average molecular weight is 282 g/mol. The highest BCUT2D eigenvalue weighted by Gasteiger charge is 2.31. The number of cyclic esters (lactones) is 1. The number of esters is 2. The van der Waals surface area contributed by atoms with E-state index >= 15 is 0 Å². The van der Waals surface area contributed by atoms with Crippen molar-refractivity contribution in [1.82, 2.24) is 0 Å². The van der Waals surface area contributed by atoms with Crippen LogP contribution in [0.25, 0.3) is 0 Å². The molecule has 0 aliphatic carbocycles. The van der Waals surface area contributed by atoms with Crippen molar-refractivity contribution >= 4 is 23.7 Å². The first-order valence-electron chi connectivity index (χ1n) is 5.75. The monoisotopic (exact) mass is 282 g/mol. The van der Waals surface area contributed by atoms with Crippen molar-refractivity contribution in [2.75, 3.05) is 20.0 Å². The van der Waals surface area contributed by atoms with Gasteiger partial charge in [-0.2, -0.15) is 0 Å². The first kappa shape index (κ1) is 13.7. The van der Waals surface area contributed by atoms with Gasteiger partial charge in [0.2, 0.25) is 6.10 Å². The zero-order chi connectivity index (χ0) is 13.8. The van der Waals surface area contributed by atoms with Crippen LogP contribution in [0.5, 0.6) is 5.75 Å². The fraction of sp³-hybridized carbons (Fsp3) is 0.385. The average Bonchev–Trinajstić information content (AvgIpc) is 2.83. The van der Waals surface area contributed by atoms with Gasteiger partial charge in [0.25, 0.3) is 0 Å². The molecule has 0 amide bonds. The lowest BCUT2D eigenvalue weighted by atomic mass is 10.2. The summed E-state index contributed by atoms with van der Waals surface area (Å²) in [6, 6.07) is 5.19. The van der Waals surface area contributed by atoms with E-state index in [1.807, 2.05) is 6.26 Å². The van der Waals surface area contributed by atoms with Gasteiger partial charge in [-0.15, -0.1) is 11.8 Å². The molecule has 1 aromatic carbocycles. The number of hydrogen-bond acceptors (Lipinski definition) is 6. The van der Waals surface area contributed by atoms with Crippen LogP contribution in [0.2, 0.25) is 0 Å². The van der Waals surface area contributed by atoms with Gasteiger partial charge >= 0.3 is 11.9 Å². The molecule has 0 bridgehead atoms. The summed E-state index contributed by atoms with van der Waals surface area (Å²) in [6.07, 6.45) is 1.52. The van der Waals surface area contributed by atoms with Crippen LogP contribution >= 0.6 is 11.8 Å². The second-order valence-electron chi connectivity index (χ2n) is 3.92. The Kier molecular flexibility index (Phi) is 4.31. The SMILES string of the molecule is COc1cc(SC)ccc1C(=O)O[C@H]1CCOC1=O. The van der Waals surface area contributed by atoms with E-state index in [-0.39, 0.29) is 0 Å². The summed E-state index contributed by atoms with van der Waals surface area (Å²) in [6.45, 7) is 0.291. The Bertz CT molecular complexity index is 500. The lowest BCUT2D eigenvalue weighted by Gasteiger charge is -2.11. The molecule has 19 heavy (non-hydrogen) atoms. The molecule has 6 heteroatoms. The summed E-state index contributed by atoms with van der Waals surface area (Å²) < 4.78 is 15.0. The van der Waals surface area contributed by atoms with Gasteiger partial charge in [-0.25, -0.2) is 9.59 Å². The van der Waals surface area contributed by atoms with Crippen molar-refractivity contribution in [2.24, 2.45) is 0 Å². The summed E-state index contributed by atoms with van der Waals surface area (Å²) in [5.74, 6) is -0.635. The molecule has 0 unspecified atom stereocenters. The van der Waals surface area contributed by atoms with Gasteiger partial charge in [0.05, 0.1) is 13.7 Å². The van der Waals surface area contributed by atoms with E-state index < -0.39 is 18.0 Å². The molecule has 1 saturated heterocycles. The van der Waals surface area contributed by atoms with Crippen molar-refractivity contribution in [2.45, 2.75) is 17.4 Å². The molecule has 1 atom stereocenters. The Morgan fingerprint density at radius 1 is 1.47 bits per heavy atom. The van der Waals surface area contributed by atoms with Crippen LogP contribution in [-0.4, -0.2) is 38.0 Å². The number of carbonyl (C=O) groups excluding carboxylic acids is 2. The molecule has 0 N–H and O–H groups in total. The van der Waals surface area contributed by atoms with Crippen LogP contribution in [0.15, 0.2) is 23.1 Å². The first-order chi connectivity index (χ1) is 9.15. The summed E-state index contributed by atoms with van der Waals surface area (Å²) in [5, 5.41) is 0. The smallest absolute Gasteiger partial charge is 0.347 e. The van der Waals surface area contributed by atoms with Gasteiger partial charge in [0.1, 0.15) is 11.3 Å². The number of ether oxygens (including phenoxy) is 3. The van der Waals surface area contributed by atoms with Crippen molar-refractivity contribution in [1.29, 1.82) is 0 Å². The molecule has 0 aromatic heterocycles. The molecule has 2 rings (SSSR count). The topological polar surface area (TPSA) is 61.8 Å². The number of hydrogen-bond donors (Lipinski definition) is 0. The lowest BCUT2D eigenvalue weighted by molar-refractivity contribution is -0.145. The van der Waals surface area contributed by atoms with Gasteiger partial charge in [0.15, 0.2) is 0 Å². The third-order valence-corrected chi connectivity index (χ3v) is 3.49. The maximum Gasteiger partial charge on any atom is 0.347 e. The minimum Gasteiger partial charge on any atom is -0.496 e. The van der Waals surface area contributed by atoms with Crippen molar-refractivity contribution < 1.29 is 23.8 Å². The van der Waals surface area contributed by atoms with Crippen molar-refractivity contribution in [3.05, 3.63) is 23.8 Å². The molecule has 0 spiro atoms.